The van der Waals surface area contributed by atoms with E-state index in [0.29, 0.717) is 6.04 Å². The first kappa shape index (κ1) is 12.4. The second-order valence-corrected chi connectivity index (χ2v) is 5.52. The van der Waals surface area contributed by atoms with Gasteiger partial charge in [-0.25, -0.2) is 4.98 Å². The van der Waals surface area contributed by atoms with Gasteiger partial charge in [-0.15, -0.1) is 0 Å². The largest absolute Gasteiger partial charge is 0.349 e. The van der Waals surface area contributed by atoms with Crippen LogP contribution in [0, 0.1) is 6.92 Å². The van der Waals surface area contributed by atoms with Crippen LogP contribution in [0.25, 0.3) is 0 Å². The lowest BCUT2D eigenvalue weighted by molar-refractivity contribution is 0.292. The van der Waals surface area contributed by atoms with Crippen molar-refractivity contribution in [1.29, 1.82) is 0 Å². The van der Waals surface area contributed by atoms with Gasteiger partial charge in [0.2, 0.25) is 0 Å². The predicted octanol–water partition coefficient (Wildman–Crippen LogP) is 2.80. The van der Waals surface area contributed by atoms with E-state index in [0.717, 1.165) is 24.7 Å². The Morgan fingerprint density at radius 2 is 2.26 bits per heavy atom. The van der Waals surface area contributed by atoms with Crippen molar-refractivity contribution in [2.24, 2.45) is 0 Å². The van der Waals surface area contributed by atoms with Crippen LogP contribution in [0.3, 0.4) is 0 Å². The van der Waals surface area contributed by atoms with Crippen molar-refractivity contribution in [2.75, 3.05) is 6.54 Å². The summed E-state index contributed by atoms with van der Waals surface area (Å²) < 4.78 is 0. The third-order valence-electron chi connectivity index (χ3n) is 4.00. The zero-order valence-corrected chi connectivity index (χ0v) is 11.4. The Balaban J connectivity index is 1.41. The number of hydrogen-bond acceptors (Lipinski definition) is 2. The van der Waals surface area contributed by atoms with Gasteiger partial charge < -0.3 is 10.3 Å². The number of aryl methyl sites for hydroxylation is 1. The molecule has 1 aromatic heterocycles. The summed E-state index contributed by atoms with van der Waals surface area (Å²) >= 11 is 0. The molecule has 3 rings (SSSR count). The number of aromatic nitrogens is 2. The van der Waals surface area contributed by atoms with Crippen LogP contribution in [0.5, 0.6) is 0 Å². The van der Waals surface area contributed by atoms with Gasteiger partial charge in [-0.3, -0.25) is 0 Å². The minimum absolute atomic E-state index is 0.681. The summed E-state index contributed by atoms with van der Waals surface area (Å²) in [6, 6.07) is 9.60. The number of rotatable bonds is 5. The summed E-state index contributed by atoms with van der Waals surface area (Å²) in [5.74, 6) is 1.82. The fourth-order valence-corrected chi connectivity index (χ4v) is 2.81. The van der Waals surface area contributed by atoms with Crippen LogP contribution >= 0.6 is 0 Å². The lowest BCUT2D eigenvalue weighted by Crippen LogP contribution is -2.41. The molecule has 0 aliphatic heterocycles. The van der Waals surface area contributed by atoms with E-state index in [-0.39, 0.29) is 0 Å². The summed E-state index contributed by atoms with van der Waals surface area (Å²) in [4.78, 5) is 7.37. The average molecular weight is 255 g/mol. The van der Waals surface area contributed by atoms with E-state index in [4.69, 9.17) is 0 Å². The van der Waals surface area contributed by atoms with E-state index in [1.165, 1.54) is 24.0 Å². The van der Waals surface area contributed by atoms with Crippen molar-refractivity contribution in [2.45, 2.75) is 38.1 Å². The van der Waals surface area contributed by atoms with Crippen LogP contribution < -0.4 is 5.32 Å². The summed E-state index contributed by atoms with van der Waals surface area (Å²) in [7, 11) is 0. The Labute approximate surface area is 114 Å². The molecule has 1 fully saturated rings. The molecule has 0 amide bonds. The molecule has 0 bridgehead atoms. The number of nitrogens with zero attached hydrogens (tertiary/aromatic N) is 1. The number of imidazole rings is 1. The van der Waals surface area contributed by atoms with Crippen LogP contribution in [0.15, 0.2) is 36.7 Å². The zero-order valence-electron chi connectivity index (χ0n) is 11.4. The van der Waals surface area contributed by atoms with E-state index in [2.05, 4.69) is 46.5 Å². The van der Waals surface area contributed by atoms with Gasteiger partial charge in [-0.05, 0) is 31.2 Å². The van der Waals surface area contributed by atoms with Crippen molar-refractivity contribution in [3.63, 3.8) is 0 Å². The molecule has 0 unspecified atom stereocenters. The van der Waals surface area contributed by atoms with Gasteiger partial charge in [0.15, 0.2) is 0 Å². The number of aromatic amines is 1. The van der Waals surface area contributed by atoms with Gasteiger partial charge in [-0.2, -0.15) is 0 Å². The SMILES string of the molecule is Cc1cccc(C2CC(NCCc3ncc[nH]3)C2)c1. The molecule has 100 valence electrons. The van der Waals surface area contributed by atoms with Gasteiger partial charge in [0, 0.05) is 31.4 Å². The normalized spacial score (nSPS) is 22.2. The Kier molecular flexibility index (Phi) is 3.65. The first-order chi connectivity index (χ1) is 9.31. The Morgan fingerprint density at radius 3 is 3.00 bits per heavy atom. The van der Waals surface area contributed by atoms with Crippen LogP contribution in [0.4, 0.5) is 0 Å². The van der Waals surface area contributed by atoms with Crippen molar-refractivity contribution in [1.82, 2.24) is 15.3 Å². The number of nitrogens with one attached hydrogen (secondary N) is 2. The first-order valence-corrected chi connectivity index (χ1v) is 7.09. The lowest BCUT2D eigenvalue weighted by atomic mass is 9.75. The first-order valence-electron chi connectivity index (χ1n) is 7.09. The average Bonchev–Trinajstić information content (AvgIpc) is 2.85. The number of H-pyrrole nitrogens is 1. The van der Waals surface area contributed by atoms with Crippen molar-refractivity contribution < 1.29 is 0 Å². The highest BCUT2D eigenvalue weighted by atomic mass is 14.9. The summed E-state index contributed by atoms with van der Waals surface area (Å²) in [6.45, 7) is 3.18. The van der Waals surface area contributed by atoms with Gasteiger partial charge in [0.25, 0.3) is 0 Å². The monoisotopic (exact) mass is 255 g/mol. The number of hydrogen-bond donors (Lipinski definition) is 2. The maximum Gasteiger partial charge on any atom is 0.107 e. The van der Waals surface area contributed by atoms with E-state index in [1.807, 2.05) is 12.4 Å². The highest BCUT2D eigenvalue weighted by Crippen LogP contribution is 2.36. The van der Waals surface area contributed by atoms with E-state index in [1.54, 1.807) is 0 Å². The standard InChI is InChI=1S/C16H21N3/c1-12-3-2-4-13(9-12)14-10-15(11-14)17-6-5-16-18-7-8-19-16/h2-4,7-9,14-15,17H,5-6,10-11H2,1H3,(H,18,19). The molecule has 2 aromatic rings. The molecular formula is C16H21N3. The summed E-state index contributed by atoms with van der Waals surface area (Å²) in [5, 5.41) is 3.61. The zero-order chi connectivity index (χ0) is 13.1. The molecule has 3 nitrogen and oxygen atoms in total. The molecule has 1 saturated carbocycles. The molecule has 1 aliphatic rings. The maximum absolute atomic E-state index is 4.23. The van der Waals surface area contributed by atoms with Crippen molar-refractivity contribution >= 4 is 0 Å². The molecule has 0 spiro atoms. The van der Waals surface area contributed by atoms with Gasteiger partial charge in [0.1, 0.15) is 5.82 Å². The molecule has 2 N–H and O–H groups in total. The molecular weight excluding hydrogens is 234 g/mol. The fraction of sp³-hybridized carbons (Fsp3) is 0.438. The van der Waals surface area contributed by atoms with Crippen LogP contribution in [-0.4, -0.2) is 22.6 Å². The summed E-state index contributed by atoms with van der Waals surface area (Å²) in [5.41, 5.74) is 2.87. The van der Waals surface area contributed by atoms with E-state index >= 15 is 0 Å². The maximum atomic E-state index is 4.23. The van der Waals surface area contributed by atoms with E-state index < -0.39 is 0 Å². The number of benzene rings is 1. The minimum Gasteiger partial charge on any atom is -0.349 e. The molecule has 0 saturated heterocycles. The van der Waals surface area contributed by atoms with Gasteiger partial charge in [-0.1, -0.05) is 29.8 Å². The van der Waals surface area contributed by atoms with Crippen LogP contribution in [-0.2, 0) is 6.42 Å². The Hall–Kier alpha value is -1.61. The van der Waals surface area contributed by atoms with Crippen molar-refractivity contribution in [3.8, 4) is 0 Å². The quantitative estimate of drug-likeness (QED) is 0.862. The molecule has 19 heavy (non-hydrogen) atoms. The molecule has 0 radical (unpaired) electrons. The molecule has 1 heterocycles. The Morgan fingerprint density at radius 1 is 1.37 bits per heavy atom. The molecule has 0 atom stereocenters. The molecule has 1 aromatic carbocycles. The van der Waals surface area contributed by atoms with Crippen LogP contribution in [0.2, 0.25) is 0 Å². The van der Waals surface area contributed by atoms with Crippen LogP contribution in [0.1, 0.15) is 35.7 Å². The third-order valence-corrected chi connectivity index (χ3v) is 4.00. The topological polar surface area (TPSA) is 40.7 Å². The third kappa shape index (κ3) is 3.04. The fourth-order valence-electron chi connectivity index (χ4n) is 2.81. The summed E-state index contributed by atoms with van der Waals surface area (Å²) in [6.07, 6.45) is 7.21. The molecule has 1 aliphatic carbocycles. The van der Waals surface area contributed by atoms with E-state index in [9.17, 15) is 0 Å². The lowest BCUT2D eigenvalue weighted by Gasteiger charge is -2.36. The smallest absolute Gasteiger partial charge is 0.107 e. The molecule has 3 heteroatoms. The Bertz CT molecular complexity index is 513. The minimum atomic E-state index is 0.681. The van der Waals surface area contributed by atoms with Gasteiger partial charge in [0.05, 0.1) is 0 Å². The highest BCUT2D eigenvalue weighted by molar-refractivity contribution is 5.27. The second kappa shape index (κ2) is 5.57. The van der Waals surface area contributed by atoms with Crippen molar-refractivity contribution in [3.05, 3.63) is 53.6 Å². The van der Waals surface area contributed by atoms with Gasteiger partial charge >= 0.3 is 0 Å². The highest BCUT2D eigenvalue weighted by Gasteiger charge is 2.29. The predicted molar refractivity (Wildman–Crippen MR) is 77.2 cm³/mol. The second-order valence-electron chi connectivity index (χ2n) is 5.52.